The summed E-state index contributed by atoms with van der Waals surface area (Å²) < 4.78 is 5.71. The van der Waals surface area contributed by atoms with Crippen LogP contribution in [0.15, 0.2) is 54.9 Å². The SMILES string of the molecule is c1ccc2c(c1)OCC[C@H]2Nc1ncnc2ccccc12. The van der Waals surface area contributed by atoms with Gasteiger partial charge in [-0.25, -0.2) is 9.97 Å². The lowest BCUT2D eigenvalue weighted by molar-refractivity contribution is 0.274. The highest BCUT2D eigenvalue weighted by molar-refractivity contribution is 5.88. The number of fused-ring (bicyclic) bond motifs is 2. The quantitative estimate of drug-likeness (QED) is 0.778. The van der Waals surface area contributed by atoms with Gasteiger partial charge in [0.15, 0.2) is 0 Å². The Morgan fingerprint density at radius 3 is 2.86 bits per heavy atom. The van der Waals surface area contributed by atoms with Crippen molar-refractivity contribution in [1.82, 2.24) is 9.97 Å². The monoisotopic (exact) mass is 277 g/mol. The summed E-state index contributed by atoms with van der Waals surface area (Å²) in [5, 5.41) is 4.59. The zero-order valence-electron chi connectivity index (χ0n) is 11.5. The van der Waals surface area contributed by atoms with Crippen molar-refractivity contribution in [2.75, 3.05) is 11.9 Å². The Morgan fingerprint density at radius 1 is 1.00 bits per heavy atom. The first-order chi connectivity index (χ1) is 10.4. The molecule has 4 heteroatoms. The maximum Gasteiger partial charge on any atom is 0.137 e. The molecule has 104 valence electrons. The largest absolute Gasteiger partial charge is 0.493 e. The van der Waals surface area contributed by atoms with Crippen molar-refractivity contribution in [3.63, 3.8) is 0 Å². The van der Waals surface area contributed by atoms with Crippen LogP contribution in [0.4, 0.5) is 5.82 Å². The van der Waals surface area contributed by atoms with Crippen LogP contribution in [0.25, 0.3) is 10.9 Å². The van der Waals surface area contributed by atoms with Crippen molar-refractivity contribution in [2.45, 2.75) is 12.5 Å². The Morgan fingerprint density at radius 2 is 1.86 bits per heavy atom. The number of nitrogens with one attached hydrogen (secondary N) is 1. The standard InChI is InChI=1S/C17H15N3O/c1-3-7-14-13(6-1)17(19-11-18-14)20-15-9-10-21-16-8-4-2-5-12(15)16/h1-8,11,15H,9-10H2,(H,18,19,20)/t15-/m1/s1. The molecule has 0 unspecified atom stereocenters. The van der Waals surface area contributed by atoms with E-state index < -0.39 is 0 Å². The zero-order chi connectivity index (χ0) is 14.1. The van der Waals surface area contributed by atoms with Crippen LogP contribution in [-0.4, -0.2) is 16.6 Å². The zero-order valence-corrected chi connectivity index (χ0v) is 11.5. The second-order valence-electron chi connectivity index (χ2n) is 5.11. The van der Waals surface area contributed by atoms with E-state index in [4.69, 9.17) is 4.74 Å². The number of hydrogen-bond donors (Lipinski definition) is 1. The molecule has 2 aromatic carbocycles. The third-order valence-electron chi connectivity index (χ3n) is 3.81. The topological polar surface area (TPSA) is 47.0 Å². The van der Waals surface area contributed by atoms with E-state index in [1.54, 1.807) is 6.33 Å². The lowest BCUT2D eigenvalue weighted by Crippen LogP contribution is -2.20. The number of ether oxygens (including phenoxy) is 1. The predicted octanol–water partition coefficient (Wildman–Crippen LogP) is 3.57. The Bertz CT molecular complexity index is 782. The molecule has 1 atom stereocenters. The van der Waals surface area contributed by atoms with Gasteiger partial charge < -0.3 is 10.1 Å². The summed E-state index contributed by atoms with van der Waals surface area (Å²) in [6, 6.07) is 16.4. The van der Waals surface area contributed by atoms with Gasteiger partial charge in [-0.05, 0) is 18.2 Å². The van der Waals surface area contributed by atoms with Gasteiger partial charge in [-0.3, -0.25) is 0 Å². The van der Waals surface area contributed by atoms with E-state index in [1.807, 2.05) is 42.5 Å². The van der Waals surface area contributed by atoms with Crippen molar-refractivity contribution >= 4 is 16.7 Å². The Balaban J connectivity index is 1.73. The summed E-state index contributed by atoms with van der Waals surface area (Å²) in [7, 11) is 0. The Labute approximate surface area is 122 Å². The fourth-order valence-corrected chi connectivity index (χ4v) is 2.78. The molecule has 0 spiro atoms. The number of benzene rings is 2. The molecule has 0 aliphatic carbocycles. The van der Waals surface area contributed by atoms with Gasteiger partial charge in [0.25, 0.3) is 0 Å². The van der Waals surface area contributed by atoms with Gasteiger partial charge in [-0.1, -0.05) is 30.3 Å². The van der Waals surface area contributed by atoms with E-state index in [0.29, 0.717) is 0 Å². The van der Waals surface area contributed by atoms with E-state index in [2.05, 4.69) is 21.4 Å². The van der Waals surface area contributed by atoms with E-state index in [-0.39, 0.29) is 6.04 Å². The highest BCUT2D eigenvalue weighted by Gasteiger charge is 2.21. The van der Waals surface area contributed by atoms with Crippen LogP contribution in [0.2, 0.25) is 0 Å². The lowest BCUT2D eigenvalue weighted by atomic mass is 10.0. The lowest BCUT2D eigenvalue weighted by Gasteiger charge is -2.27. The number of aromatic nitrogens is 2. The molecule has 4 rings (SSSR count). The molecule has 1 N–H and O–H groups in total. The minimum atomic E-state index is 0.216. The number of rotatable bonds is 2. The van der Waals surface area contributed by atoms with Crippen LogP contribution in [-0.2, 0) is 0 Å². The van der Waals surface area contributed by atoms with E-state index in [1.165, 1.54) is 5.56 Å². The fourth-order valence-electron chi connectivity index (χ4n) is 2.78. The third kappa shape index (κ3) is 2.18. The normalized spacial score (nSPS) is 17.0. The Hall–Kier alpha value is -2.62. The molecule has 0 radical (unpaired) electrons. The molecule has 3 aromatic rings. The summed E-state index contributed by atoms with van der Waals surface area (Å²) in [6.07, 6.45) is 2.53. The van der Waals surface area contributed by atoms with E-state index in [9.17, 15) is 0 Å². The molecule has 1 aromatic heterocycles. The first-order valence-corrected chi connectivity index (χ1v) is 7.10. The molecular formula is C17H15N3O. The number of nitrogens with zero attached hydrogens (tertiary/aromatic N) is 2. The van der Waals surface area contributed by atoms with Gasteiger partial charge in [-0.2, -0.15) is 0 Å². The molecule has 0 saturated carbocycles. The predicted molar refractivity (Wildman–Crippen MR) is 82.5 cm³/mol. The summed E-state index contributed by atoms with van der Waals surface area (Å²) in [6.45, 7) is 0.720. The van der Waals surface area contributed by atoms with Crippen LogP contribution in [0, 0.1) is 0 Å². The second-order valence-corrected chi connectivity index (χ2v) is 5.11. The average Bonchev–Trinajstić information content (AvgIpc) is 2.56. The first-order valence-electron chi connectivity index (χ1n) is 7.10. The van der Waals surface area contributed by atoms with Gasteiger partial charge >= 0.3 is 0 Å². The number of hydrogen-bond acceptors (Lipinski definition) is 4. The third-order valence-corrected chi connectivity index (χ3v) is 3.81. The summed E-state index contributed by atoms with van der Waals surface area (Å²) in [5.41, 5.74) is 2.14. The maximum atomic E-state index is 5.71. The maximum absolute atomic E-state index is 5.71. The second kappa shape index (κ2) is 5.05. The van der Waals surface area contributed by atoms with E-state index in [0.717, 1.165) is 35.5 Å². The van der Waals surface area contributed by atoms with Crippen LogP contribution in [0.3, 0.4) is 0 Å². The van der Waals surface area contributed by atoms with Gasteiger partial charge in [0.05, 0.1) is 18.2 Å². The van der Waals surface area contributed by atoms with Gasteiger partial charge in [0.1, 0.15) is 17.9 Å². The summed E-state index contributed by atoms with van der Waals surface area (Å²) in [4.78, 5) is 8.71. The molecule has 0 fully saturated rings. The van der Waals surface area contributed by atoms with Gasteiger partial charge in [-0.15, -0.1) is 0 Å². The molecule has 0 amide bonds. The van der Waals surface area contributed by atoms with Crippen molar-refractivity contribution in [3.8, 4) is 5.75 Å². The number of para-hydroxylation sites is 2. The molecule has 21 heavy (non-hydrogen) atoms. The molecular weight excluding hydrogens is 262 g/mol. The fraction of sp³-hybridized carbons (Fsp3) is 0.176. The smallest absolute Gasteiger partial charge is 0.137 e. The summed E-state index contributed by atoms with van der Waals surface area (Å²) >= 11 is 0. The van der Waals surface area contributed by atoms with Crippen LogP contribution < -0.4 is 10.1 Å². The molecule has 1 aliphatic heterocycles. The highest BCUT2D eigenvalue weighted by Crippen LogP contribution is 2.34. The molecule has 1 aliphatic rings. The van der Waals surface area contributed by atoms with Crippen molar-refractivity contribution in [3.05, 3.63) is 60.4 Å². The summed E-state index contributed by atoms with van der Waals surface area (Å²) in [5.74, 6) is 1.84. The van der Waals surface area contributed by atoms with Crippen molar-refractivity contribution in [2.24, 2.45) is 0 Å². The molecule has 2 heterocycles. The number of anilines is 1. The van der Waals surface area contributed by atoms with Crippen LogP contribution in [0.1, 0.15) is 18.0 Å². The van der Waals surface area contributed by atoms with Crippen molar-refractivity contribution in [1.29, 1.82) is 0 Å². The average molecular weight is 277 g/mol. The molecule has 0 saturated heterocycles. The van der Waals surface area contributed by atoms with Crippen LogP contribution >= 0.6 is 0 Å². The minimum Gasteiger partial charge on any atom is -0.493 e. The highest BCUT2D eigenvalue weighted by atomic mass is 16.5. The first kappa shape index (κ1) is 12.1. The minimum absolute atomic E-state index is 0.216. The molecule has 4 nitrogen and oxygen atoms in total. The van der Waals surface area contributed by atoms with Gasteiger partial charge in [0.2, 0.25) is 0 Å². The Kier molecular flexibility index (Phi) is 2.92. The molecule has 0 bridgehead atoms. The van der Waals surface area contributed by atoms with Crippen molar-refractivity contribution < 1.29 is 4.74 Å². The van der Waals surface area contributed by atoms with Gasteiger partial charge in [0, 0.05) is 17.4 Å². The van der Waals surface area contributed by atoms with E-state index >= 15 is 0 Å². The van der Waals surface area contributed by atoms with Crippen LogP contribution in [0.5, 0.6) is 5.75 Å².